The molecule has 1 aromatic carbocycles. The summed E-state index contributed by atoms with van der Waals surface area (Å²) < 4.78 is 4.63. The van der Waals surface area contributed by atoms with E-state index in [1.54, 1.807) is 16.4 Å². The average Bonchev–Trinajstić information content (AvgIpc) is 2.82. The minimum Gasteiger partial charge on any atom is -0.246 e. The van der Waals surface area contributed by atoms with Gasteiger partial charge in [-0.05, 0) is 24.0 Å². The van der Waals surface area contributed by atoms with Crippen molar-refractivity contribution < 1.29 is 0 Å². The number of aromatic nitrogens is 3. The lowest BCUT2D eigenvalue weighted by Gasteiger charge is -2.67. The summed E-state index contributed by atoms with van der Waals surface area (Å²) in [4.78, 5) is 25.3. The Morgan fingerprint density at radius 3 is 1.75 bits per heavy atom. The van der Waals surface area contributed by atoms with Crippen molar-refractivity contribution in [2.45, 2.75) is 24.9 Å². The molecule has 24 heavy (non-hydrogen) atoms. The number of nitrogens with zero attached hydrogens (tertiary/aromatic N) is 3. The van der Waals surface area contributed by atoms with Crippen molar-refractivity contribution in [3.8, 4) is 0 Å². The molecule has 5 heteroatoms. The highest BCUT2D eigenvalue weighted by molar-refractivity contribution is 5.49. The van der Waals surface area contributed by atoms with Gasteiger partial charge in [0.1, 0.15) is 0 Å². The van der Waals surface area contributed by atoms with Gasteiger partial charge < -0.3 is 0 Å². The van der Waals surface area contributed by atoms with Crippen molar-refractivity contribution in [1.82, 2.24) is 13.9 Å². The predicted molar refractivity (Wildman–Crippen MR) is 89.0 cm³/mol. The molecule has 5 nitrogen and oxygen atoms in total. The molecule has 120 valence electrons. The van der Waals surface area contributed by atoms with Crippen LogP contribution in [0.5, 0.6) is 0 Å². The smallest absolute Gasteiger partial charge is 0.246 e. The van der Waals surface area contributed by atoms with Crippen molar-refractivity contribution >= 4 is 0 Å². The fourth-order valence-corrected chi connectivity index (χ4v) is 5.68. The Hall–Kier alpha value is -2.56. The van der Waals surface area contributed by atoms with Gasteiger partial charge in [0, 0.05) is 17.9 Å². The topological polar surface area (TPSA) is 48.9 Å². The van der Waals surface area contributed by atoms with Crippen LogP contribution in [0.1, 0.15) is 23.2 Å². The number of fused-ring (bicyclic) bond motifs is 1. The summed E-state index contributed by atoms with van der Waals surface area (Å²) in [6.45, 7) is 0. The Kier molecular flexibility index (Phi) is 1.91. The van der Waals surface area contributed by atoms with Crippen molar-refractivity contribution in [2.24, 2.45) is 17.9 Å². The Balaban J connectivity index is 1.69. The van der Waals surface area contributed by atoms with E-state index in [9.17, 15) is 9.59 Å². The van der Waals surface area contributed by atoms with Crippen LogP contribution < -0.4 is 11.4 Å². The van der Waals surface area contributed by atoms with Crippen LogP contribution in [0.4, 0.5) is 0 Å². The molecule has 0 saturated heterocycles. The Morgan fingerprint density at radius 2 is 1.33 bits per heavy atom. The normalized spacial score (nSPS) is 36.5. The molecule has 0 unspecified atom stereocenters. The molecule has 0 spiro atoms. The van der Waals surface area contributed by atoms with Crippen LogP contribution in [-0.4, -0.2) is 13.9 Å². The van der Waals surface area contributed by atoms with Gasteiger partial charge in [-0.3, -0.25) is 0 Å². The van der Waals surface area contributed by atoms with Crippen LogP contribution in [0.15, 0.2) is 58.2 Å². The van der Waals surface area contributed by atoms with Crippen LogP contribution in [0.25, 0.3) is 0 Å². The number of hydrogen-bond donors (Lipinski definition) is 0. The molecule has 0 N–H and O–H groups in total. The van der Waals surface area contributed by atoms with Crippen molar-refractivity contribution in [1.29, 1.82) is 0 Å². The molecule has 2 aromatic rings. The number of benzene rings is 1. The zero-order chi connectivity index (χ0) is 16.3. The molecule has 5 aliphatic rings. The van der Waals surface area contributed by atoms with E-state index in [-0.39, 0.29) is 34.3 Å². The molecule has 0 radical (unpaired) electrons. The van der Waals surface area contributed by atoms with Crippen molar-refractivity contribution in [3.63, 3.8) is 0 Å². The second-order valence-electron chi connectivity index (χ2n) is 7.62. The van der Waals surface area contributed by atoms with E-state index in [4.69, 9.17) is 0 Å². The Morgan fingerprint density at radius 1 is 0.875 bits per heavy atom. The lowest BCUT2D eigenvalue weighted by Crippen LogP contribution is -2.66. The predicted octanol–water partition coefficient (Wildman–Crippen LogP) is 1.36. The first kappa shape index (κ1) is 12.8. The van der Waals surface area contributed by atoms with Gasteiger partial charge in [0.2, 0.25) is 0 Å². The molecule has 1 aromatic heterocycles. The standard InChI is InChI=1S/C19H17N3O2/c1-20-16(23)21-14-6-7-15(22(21)17(20)24)19-9-8-18(14,19)10-12-4-2-3-5-13(12)11-19/h2-9,14-15H,10-11H2,1H3/t14-,15-,18-,19-/m0/s1. The zero-order valence-corrected chi connectivity index (χ0v) is 13.3. The SMILES string of the molecule is Cn1c(=O)n2n(c1=O)[C@H]1C=C[C@H]2[C@@]23C=C[C@]12Cc1ccccc1C3. The molecule has 4 atom stereocenters. The highest BCUT2D eigenvalue weighted by Gasteiger charge is 2.68. The lowest BCUT2D eigenvalue weighted by atomic mass is 9.41. The quantitative estimate of drug-likeness (QED) is 0.688. The van der Waals surface area contributed by atoms with Gasteiger partial charge in [-0.2, -0.15) is 0 Å². The van der Waals surface area contributed by atoms with Crippen molar-refractivity contribution in [3.05, 3.63) is 80.7 Å². The molecular formula is C19H17N3O2. The highest BCUT2D eigenvalue weighted by Crippen LogP contribution is 2.70. The van der Waals surface area contributed by atoms with Crippen molar-refractivity contribution in [2.75, 3.05) is 0 Å². The minimum absolute atomic E-state index is 0.0812. The largest absolute Gasteiger partial charge is 0.347 e. The molecule has 0 saturated carbocycles. The maximum Gasteiger partial charge on any atom is 0.347 e. The van der Waals surface area contributed by atoms with Crippen LogP contribution in [0, 0.1) is 10.8 Å². The van der Waals surface area contributed by atoms with Gasteiger partial charge in [0.15, 0.2) is 0 Å². The van der Waals surface area contributed by atoms with E-state index in [2.05, 4.69) is 48.6 Å². The first-order valence-electron chi connectivity index (χ1n) is 8.45. The summed E-state index contributed by atoms with van der Waals surface area (Å²) in [5.41, 5.74) is 2.16. The minimum atomic E-state index is -0.207. The number of rotatable bonds is 0. The summed E-state index contributed by atoms with van der Waals surface area (Å²) in [6, 6.07) is 8.42. The summed E-state index contributed by atoms with van der Waals surface area (Å²) in [5, 5.41) is 0. The van der Waals surface area contributed by atoms with Gasteiger partial charge in [0.05, 0.1) is 12.1 Å². The Bertz CT molecular complexity index is 1020. The van der Waals surface area contributed by atoms with E-state index in [0.29, 0.717) is 0 Å². The van der Waals surface area contributed by atoms with E-state index in [1.807, 2.05) is 0 Å². The summed E-state index contributed by atoms with van der Waals surface area (Å²) in [5.74, 6) is 0. The van der Waals surface area contributed by atoms with Gasteiger partial charge in [-0.15, -0.1) is 0 Å². The monoisotopic (exact) mass is 319 g/mol. The van der Waals surface area contributed by atoms with Gasteiger partial charge in [-0.25, -0.2) is 23.5 Å². The Labute approximate surface area is 138 Å². The second-order valence-corrected chi connectivity index (χ2v) is 7.62. The van der Waals surface area contributed by atoms with E-state index in [0.717, 1.165) is 12.8 Å². The molecule has 0 amide bonds. The maximum atomic E-state index is 12.7. The first-order valence-corrected chi connectivity index (χ1v) is 8.45. The third-order valence-corrected chi connectivity index (χ3v) is 6.89. The molecular weight excluding hydrogens is 302 g/mol. The summed E-state index contributed by atoms with van der Waals surface area (Å²) in [7, 11) is 1.57. The van der Waals surface area contributed by atoms with E-state index in [1.165, 1.54) is 15.7 Å². The lowest BCUT2D eigenvalue weighted by molar-refractivity contribution is -0.0569. The molecule has 0 fully saturated rings. The van der Waals surface area contributed by atoms with E-state index < -0.39 is 0 Å². The van der Waals surface area contributed by atoms with Gasteiger partial charge in [0.25, 0.3) is 0 Å². The van der Waals surface area contributed by atoms with Crippen LogP contribution >= 0.6 is 0 Å². The maximum absolute atomic E-state index is 12.7. The zero-order valence-electron chi connectivity index (χ0n) is 13.3. The van der Waals surface area contributed by atoms with Crippen LogP contribution in [0.2, 0.25) is 0 Å². The third-order valence-electron chi connectivity index (χ3n) is 6.89. The fourth-order valence-electron chi connectivity index (χ4n) is 5.68. The molecule has 3 aliphatic carbocycles. The molecule has 2 bridgehead atoms. The molecule has 3 heterocycles. The molecule has 7 rings (SSSR count). The fraction of sp³-hybridized carbons (Fsp3) is 0.368. The highest BCUT2D eigenvalue weighted by atomic mass is 16.2. The molecule has 2 aliphatic heterocycles. The third kappa shape index (κ3) is 1.05. The van der Waals surface area contributed by atoms with Gasteiger partial charge in [-0.1, -0.05) is 48.6 Å². The van der Waals surface area contributed by atoms with Crippen LogP contribution in [0.3, 0.4) is 0 Å². The van der Waals surface area contributed by atoms with Crippen LogP contribution in [-0.2, 0) is 19.9 Å². The van der Waals surface area contributed by atoms with E-state index >= 15 is 0 Å². The summed E-state index contributed by atoms with van der Waals surface area (Å²) in [6.07, 6.45) is 10.7. The average molecular weight is 319 g/mol. The number of allylic oxidation sites excluding steroid dienone is 4. The number of hydrogen-bond acceptors (Lipinski definition) is 2. The second kappa shape index (κ2) is 3.58. The first-order chi connectivity index (χ1) is 11.6. The van der Waals surface area contributed by atoms with Gasteiger partial charge >= 0.3 is 11.4 Å². The summed E-state index contributed by atoms with van der Waals surface area (Å²) >= 11 is 0.